The molecular weight excluding hydrogens is 316 g/mol. The summed E-state index contributed by atoms with van der Waals surface area (Å²) < 4.78 is 8.04. The number of carbonyl (C=O) groups is 1. The predicted molar refractivity (Wildman–Crippen MR) is 94.3 cm³/mol. The molecule has 0 saturated carbocycles. The molecule has 1 saturated heterocycles. The Kier molecular flexibility index (Phi) is 4.29. The molecule has 2 atom stereocenters. The molecule has 0 radical (unpaired) electrons. The first kappa shape index (κ1) is 16.3. The topological polar surface area (TPSA) is 60.3 Å². The highest BCUT2D eigenvalue weighted by Crippen LogP contribution is 2.38. The Morgan fingerprint density at radius 2 is 2.20 bits per heavy atom. The van der Waals surface area contributed by atoms with Crippen LogP contribution < -0.4 is 4.90 Å². The zero-order valence-electron chi connectivity index (χ0n) is 14.8. The second kappa shape index (κ2) is 6.59. The van der Waals surface area contributed by atoms with Gasteiger partial charge in [0.2, 0.25) is 5.91 Å². The number of ether oxygens (including phenoxy) is 1. The van der Waals surface area contributed by atoms with Crippen molar-refractivity contribution in [1.82, 2.24) is 14.8 Å². The molecule has 132 valence electrons. The fourth-order valence-electron chi connectivity index (χ4n) is 3.96. The van der Waals surface area contributed by atoms with Crippen molar-refractivity contribution in [2.45, 2.75) is 45.3 Å². The molecule has 0 aliphatic carbocycles. The number of hydrogen-bond acceptors (Lipinski definition) is 4. The van der Waals surface area contributed by atoms with Crippen molar-refractivity contribution >= 4 is 11.6 Å². The van der Waals surface area contributed by atoms with Gasteiger partial charge in [-0.25, -0.2) is 0 Å². The average molecular weight is 340 g/mol. The van der Waals surface area contributed by atoms with E-state index in [1.165, 1.54) is 0 Å². The van der Waals surface area contributed by atoms with E-state index in [1.807, 2.05) is 27.9 Å². The van der Waals surface area contributed by atoms with Gasteiger partial charge in [-0.15, -0.1) is 0 Å². The van der Waals surface area contributed by atoms with E-state index in [0.717, 1.165) is 42.8 Å². The molecule has 0 bridgehead atoms. The summed E-state index contributed by atoms with van der Waals surface area (Å²) in [7, 11) is 0. The highest BCUT2D eigenvalue weighted by Gasteiger charge is 2.39. The van der Waals surface area contributed by atoms with Crippen molar-refractivity contribution in [3.05, 3.63) is 42.0 Å². The summed E-state index contributed by atoms with van der Waals surface area (Å²) in [6.45, 7) is 5.62. The minimum atomic E-state index is -0.225. The number of anilines is 1. The van der Waals surface area contributed by atoms with Crippen LogP contribution in [-0.4, -0.2) is 33.8 Å². The summed E-state index contributed by atoms with van der Waals surface area (Å²) >= 11 is 0. The lowest BCUT2D eigenvalue weighted by molar-refractivity contribution is -0.132. The molecule has 2 aromatic rings. The quantitative estimate of drug-likeness (QED) is 0.862. The molecule has 1 amide bonds. The number of hydrogen-bond donors (Lipinski definition) is 0. The number of pyridine rings is 1. The second-order valence-electron chi connectivity index (χ2n) is 7.08. The Morgan fingerprint density at radius 1 is 1.32 bits per heavy atom. The average Bonchev–Trinajstić information content (AvgIpc) is 3.28. The molecule has 6 heteroatoms. The van der Waals surface area contributed by atoms with Crippen molar-refractivity contribution < 1.29 is 9.53 Å². The first-order valence-electron chi connectivity index (χ1n) is 9.06. The zero-order valence-corrected chi connectivity index (χ0v) is 14.8. The fraction of sp³-hybridized carbons (Fsp3) is 0.526. The summed E-state index contributed by atoms with van der Waals surface area (Å²) in [5.74, 6) is -0.00628. The number of aromatic nitrogens is 3. The van der Waals surface area contributed by atoms with Crippen LogP contribution in [0.2, 0.25) is 0 Å². The van der Waals surface area contributed by atoms with Gasteiger partial charge in [-0.05, 0) is 50.8 Å². The lowest BCUT2D eigenvalue weighted by Gasteiger charge is -2.34. The molecule has 25 heavy (non-hydrogen) atoms. The van der Waals surface area contributed by atoms with E-state index in [-0.39, 0.29) is 24.0 Å². The number of fused-ring (bicyclic) bond motifs is 1. The second-order valence-corrected chi connectivity index (χ2v) is 7.08. The van der Waals surface area contributed by atoms with Crippen LogP contribution in [0.15, 0.2) is 30.7 Å². The summed E-state index contributed by atoms with van der Waals surface area (Å²) in [6, 6.07) is 4.17. The summed E-state index contributed by atoms with van der Waals surface area (Å²) in [6.07, 6.45) is 7.84. The molecule has 4 rings (SSSR count). The van der Waals surface area contributed by atoms with Gasteiger partial charge in [-0.1, -0.05) is 0 Å². The van der Waals surface area contributed by atoms with Crippen LogP contribution in [0.4, 0.5) is 5.69 Å². The summed E-state index contributed by atoms with van der Waals surface area (Å²) in [4.78, 5) is 19.4. The Bertz CT molecular complexity index is 770. The smallest absolute Gasteiger partial charge is 0.233 e. The van der Waals surface area contributed by atoms with Crippen LogP contribution in [0.1, 0.15) is 50.1 Å². The highest BCUT2D eigenvalue weighted by atomic mass is 16.5. The first-order chi connectivity index (χ1) is 12.2. The lowest BCUT2D eigenvalue weighted by atomic mass is 9.90. The van der Waals surface area contributed by atoms with Gasteiger partial charge in [0.05, 0.1) is 11.6 Å². The molecule has 2 aliphatic rings. The third-order valence-electron chi connectivity index (χ3n) is 5.16. The third kappa shape index (κ3) is 2.84. The lowest BCUT2D eigenvalue weighted by Crippen LogP contribution is -2.40. The monoisotopic (exact) mass is 340 g/mol. The number of rotatable bonds is 3. The van der Waals surface area contributed by atoms with E-state index in [1.54, 1.807) is 12.4 Å². The molecular formula is C19H24N4O2. The molecule has 0 spiro atoms. The zero-order chi connectivity index (χ0) is 17.4. The van der Waals surface area contributed by atoms with Crippen molar-refractivity contribution in [3.63, 3.8) is 0 Å². The van der Waals surface area contributed by atoms with Crippen molar-refractivity contribution in [2.24, 2.45) is 5.92 Å². The van der Waals surface area contributed by atoms with Crippen LogP contribution in [0, 0.1) is 5.92 Å². The van der Waals surface area contributed by atoms with Crippen molar-refractivity contribution in [3.8, 4) is 0 Å². The van der Waals surface area contributed by atoms with Gasteiger partial charge in [-0.2, -0.15) is 5.10 Å². The summed E-state index contributed by atoms with van der Waals surface area (Å²) in [5, 5.41) is 4.42. The van der Waals surface area contributed by atoms with Crippen LogP contribution in [0.3, 0.4) is 0 Å². The largest absolute Gasteiger partial charge is 0.371 e. The Morgan fingerprint density at radius 3 is 3.04 bits per heavy atom. The van der Waals surface area contributed by atoms with Crippen LogP contribution in [0.25, 0.3) is 0 Å². The van der Waals surface area contributed by atoms with Gasteiger partial charge in [0.25, 0.3) is 0 Å². The Balaban J connectivity index is 1.64. The van der Waals surface area contributed by atoms with E-state index < -0.39 is 0 Å². The van der Waals surface area contributed by atoms with E-state index in [4.69, 9.17) is 4.74 Å². The van der Waals surface area contributed by atoms with E-state index >= 15 is 0 Å². The standard InChI is InChI=1S/C19H24N4O2/c1-13(2)23-17(6-9-21-23)18-15(4-3-11-25-18)19(24)22-10-7-14-12-20-8-5-16(14)22/h5-6,8-9,12-13,15,18H,3-4,7,10-11H2,1-2H3/t15-,18-/m1/s1. The normalized spacial score (nSPS) is 23.1. The molecule has 6 nitrogen and oxygen atoms in total. The van der Waals surface area contributed by atoms with Crippen LogP contribution in [0.5, 0.6) is 0 Å². The van der Waals surface area contributed by atoms with Gasteiger partial charge < -0.3 is 9.64 Å². The van der Waals surface area contributed by atoms with Gasteiger partial charge in [0, 0.05) is 43.5 Å². The molecule has 4 heterocycles. The maximum absolute atomic E-state index is 13.3. The Hall–Kier alpha value is -2.21. The molecule has 0 unspecified atom stereocenters. The van der Waals surface area contributed by atoms with Gasteiger partial charge >= 0.3 is 0 Å². The van der Waals surface area contributed by atoms with Crippen molar-refractivity contribution in [1.29, 1.82) is 0 Å². The minimum Gasteiger partial charge on any atom is -0.371 e. The van der Waals surface area contributed by atoms with Gasteiger partial charge in [-0.3, -0.25) is 14.5 Å². The Labute approximate surface area is 147 Å². The van der Waals surface area contributed by atoms with Gasteiger partial charge in [0.1, 0.15) is 6.10 Å². The highest BCUT2D eigenvalue weighted by molar-refractivity contribution is 5.97. The van der Waals surface area contributed by atoms with Crippen LogP contribution in [-0.2, 0) is 16.0 Å². The third-order valence-corrected chi connectivity index (χ3v) is 5.16. The molecule has 1 fully saturated rings. The predicted octanol–water partition coefficient (Wildman–Crippen LogP) is 2.92. The maximum Gasteiger partial charge on any atom is 0.233 e. The van der Waals surface area contributed by atoms with E-state index in [9.17, 15) is 4.79 Å². The van der Waals surface area contributed by atoms with Crippen molar-refractivity contribution in [2.75, 3.05) is 18.1 Å². The fourth-order valence-corrected chi connectivity index (χ4v) is 3.96. The molecule has 0 N–H and O–H groups in total. The number of amides is 1. The first-order valence-corrected chi connectivity index (χ1v) is 9.06. The number of nitrogens with zero attached hydrogens (tertiary/aromatic N) is 4. The van der Waals surface area contributed by atoms with E-state index in [2.05, 4.69) is 23.9 Å². The molecule has 0 aromatic carbocycles. The minimum absolute atomic E-state index is 0.158. The van der Waals surface area contributed by atoms with E-state index in [0.29, 0.717) is 6.61 Å². The number of carbonyl (C=O) groups excluding carboxylic acids is 1. The summed E-state index contributed by atoms with van der Waals surface area (Å²) in [5.41, 5.74) is 3.15. The van der Waals surface area contributed by atoms with Gasteiger partial charge in [0.15, 0.2) is 0 Å². The molecule has 2 aromatic heterocycles. The maximum atomic E-state index is 13.3. The SMILES string of the molecule is CC(C)n1nccc1[C@@H]1OCCC[C@H]1C(=O)N1CCc2cnccc21. The molecule has 2 aliphatic heterocycles. The van der Waals surface area contributed by atoms with Crippen LogP contribution >= 0.6 is 0 Å².